The van der Waals surface area contributed by atoms with Crippen LogP contribution in [0.4, 0.5) is 4.79 Å². The lowest BCUT2D eigenvalue weighted by molar-refractivity contribution is -0.143. The van der Waals surface area contributed by atoms with E-state index in [1.54, 1.807) is 0 Å². The molecule has 0 radical (unpaired) electrons. The van der Waals surface area contributed by atoms with E-state index in [9.17, 15) is 14.4 Å². The van der Waals surface area contributed by atoms with Crippen molar-refractivity contribution in [1.82, 2.24) is 15.5 Å². The lowest BCUT2D eigenvalue weighted by Crippen LogP contribution is -2.67. The summed E-state index contributed by atoms with van der Waals surface area (Å²) in [7, 11) is 0. The molecule has 2 aromatic carbocycles. The fourth-order valence-electron chi connectivity index (χ4n) is 3.68. The van der Waals surface area contributed by atoms with Crippen LogP contribution in [0.25, 0.3) is 0 Å². The van der Waals surface area contributed by atoms with Crippen molar-refractivity contribution in [3.05, 3.63) is 83.6 Å². The van der Waals surface area contributed by atoms with Crippen LogP contribution in [-0.2, 0) is 14.3 Å². The van der Waals surface area contributed by atoms with Gasteiger partial charge in [0.2, 0.25) is 5.91 Å². The molecule has 2 heterocycles. The van der Waals surface area contributed by atoms with E-state index in [2.05, 4.69) is 10.6 Å². The zero-order chi connectivity index (χ0) is 23.5. The van der Waals surface area contributed by atoms with Crippen LogP contribution < -0.4 is 16.4 Å². The molecule has 9 heteroatoms. The fourth-order valence-corrected chi connectivity index (χ4v) is 5.02. The number of carbonyl (C=O) groups excluding carboxylic acids is 3. The third kappa shape index (κ3) is 4.89. The predicted octanol–water partition coefficient (Wildman–Crippen LogP) is 2.48. The first-order chi connectivity index (χ1) is 15.8. The van der Waals surface area contributed by atoms with Gasteiger partial charge >= 0.3 is 12.0 Å². The molecule has 1 fully saturated rings. The Labute approximate surface area is 196 Å². The number of nitrogens with two attached hydrogens (primary N) is 1. The Bertz CT molecular complexity index is 1020. The Morgan fingerprint density at radius 2 is 1.61 bits per heavy atom. The molecule has 0 spiro atoms. The van der Waals surface area contributed by atoms with Gasteiger partial charge in [-0.2, -0.15) is 0 Å². The van der Waals surface area contributed by atoms with E-state index >= 15 is 0 Å². The first-order valence-electron chi connectivity index (χ1n) is 10.7. The molecule has 172 valence electrons. The molecule has 3 atom stereocenters. The molecule has 3 amide bonds. The molecule has 4 rings (SSSR count). The number of benzene rings is 2. The molecular weight excluding hydrogens is 440 g/mol. The second kappa shape index (κ2) is 9.68. The van der Waals surface area contributed by atoms with Gasteiger partial charge in [-0.3, -0.25) is 4.79 Å². The van der Waals surface area contributed by atoms with Crippen LogP contribution in [0.1, 0.15) is 31.1 Å². The number of fused-ring (bicyclic) bond motifs is 1. The maximum absolute atomic E-state index is 13.4. The van der Waals surface area contributed by atoms with Gasteiger partial charge in [-0.1, -0.05) is 60.7 Å². The lowest BCUT2D eigenvalue weighted by atomic mass is 10.0. The minimum Gasteiger partial charge on any atom is -0.449 e. The highest BCUT2D eigenvalue weighted by atomic mass is 32.2. The number of carbonyl (C=O) groups is 3. The predicted molar refractivity (Wildman–Crippen MR) is 126 cm³/mol. The minimum atomic E-state index is -0.719. The third-order valence-electron chi connectivity index (χ3n) is 5.30. The van der Waals surface area contributed by atoms with Gasteiger partial charge in [0, 0.05) is 12.2 Å². The van der Waals surface area contributed by atoms with Crippen molar-refractivity contribution in [2.75, 3.05) is 0 Å². The third-order valence-corrected chi connectivity index (χ3v) is 6.75. The van der Waals surface area contributed by atoms with Gasteiger partial charge in [-0.15, -0.1) is 11.8 Å². The molecule has 33 heavy (non-hydrogen) atoms. The van der Waals surface area contributed by atoms with E-state index in [1.807, 2.05) is 74.5 Å². The maximum Gasteiger partial charge on any atom is 0.339 e. The molecule has 1 saturated heterocycles. The van der Waals surface area contributed by atoms with Crippen molar-refractivity contribution < 1.29 is 19.1 Å². The monoisotopic (exact) mass is 466 g/mol. The highest BCUT2D eigenvalue weighted by Gasteiger charge is 2.50. The summed E-state index contributed by atoms with van der Waals surface area (Å²) < 4.78 is 5.96. The van der Waals surface area contributed by atoms with Gasteiger partial charge in [0.05, 0.1) is 5.57 Å². The molecule has 2 aliphatic heterocycles. The number of urea groups is 1. The molecule has 2 aromatic rings. The van der Waals surface area contributed by atoms with Crippen molar-refractivity contribution in [2.24, 2.45) is 5.73 Å². The van der Waals surface area contributed by atoms with Crippen LogP contribution in [0.3, 0.4) is 0 Å². The van der Waals surface area contributed by atoms with Gasteiger partial charge in [0.15, 0.2) is 6.10 Å². The van der Waals surface area contributed by atoms with Crippen molar-refractivity contribution in [2.45, 2.75) is 42.8 Å². The summed E-state index contributed by atoms with van der Waals surface area (Å²) in [5, 5.41) is 4.49. The van der Waals surface area contributed by atoms with Crippen LogP contribution >= 0.6 is 11.8 Å². The van der Waals surface area contributed by atoms with Crippen molar-refractivity contribution in [3.8, 4) is 0 Å². The lowest BCUT2D eigenvalue weighted by Gasteiger charge is -2.47. The van der Waals surface area contributed by atoms with Crippen LogP contribution in [0.2, 0.25) is 0 Å². The quantitative estimate of drug-likeness (QED) is 0.445. The van der Waals surface area contributed by atoms with Crippen molar-refractivity contribution in [1.29, 1.82) is 0 Å². The molecule has 0 aromatic heterocycles. The van der Waals surface area contributed by atoms with Gasteiger partial charge < -0.3 is 26.0 Å². The number of amides is 3. The molecule has 0 bridgehead atoms. The molecule has 0 aliphatic carbocycles. The van der Waals surface area contributed by atoms with Gasteiger partial charge in [0.25, 0.3) is 0 Å². The minimum absolute atomic E-state index is 0.0810. The number of thioether (sulfide) groups is 1. The first-order valence-corrected chi connectivity index (χ1v) is 11.6. The summed E-state index contributed by atoms with van der Waals surface area (Å²) in [5.74, 6) is -0.896. The van der Waals surface area contributed by atoms with Crippen LogP contribution in [0.5, 0.6) is 0 Å². The molecule has 8 nitrogen and oxygen atoms in total. The Morgan fingerprint density at radius 3 is 2.15 bits per heavy atom. The summed E-state index contributed by atoms with van der Waals surface area (Å²) in [6.07, 6.45) is 0.797. The Kier molecular flexibility index (Phi) is 6.71. The Morgan fingerprint density at radius 1 is 1.03 bits per heavy atom. The highest BCUT2D eigenvalue weighted by molar-refractivity contribution is 8.00. The second-order valence-corrected chi connectivity index (χ2v) is 9.37. The number of nitrogens with zero attached hydrogens (tertiary/aromatic N) is 1. The number of ether oxygens (including phenoxy) is 1. The highest BCUT2D eigenvalue weighted by Crippen LogP contribution is 2.40. The van der Waals surface area contributed by atoms with Gasteiger partial charge in [0.1, 0.15) is 16.8 Å². The van der Waals surface area contributed by atoms with Gasteiger partial charge in [-0.25, -0.2) is 9.59 Å². The van der Waals surface area contributed by atoms with E-state index in [0.29, 0.717) is 0 Å². The van der Waals surface area contributed by atoms with Crippen LogP contribution in [-0.4, -0.2) is 45.6 Å². The number of rotatable bonds is 6. The summed E-state index contributed by atoms with van der Waals surface area (Å²) in [5.41, 5.74) is 7.71. The van der Waals surface area contributed by atoms with Crippen molar-refractivity contribution in [3.63, 3.8) is 0 Å². The van der Waals surface area contributed by atoms with Crippen LogP contribution in [0, 0.1) is 0 Å². The number of β-lactam (4-membered cyclic amide) rings is 1. The topological polar surface area (TPSA) is 114 Å². The van der Waals surface area contributed by atoms with E-state index in [4.69, 9.17) is 10.5 Å². The zero-order valence-corrected chi connectivity index (χ0v) is 19.1. The second-order valence-electron chi connectivity index (χ2n) is 8.14. The summed E-state index contributed by atoms with van der Waals surface area (Å²) in [4.78, 5) is 39.4. The Balaban J connectivity index is 1.62. The summed E-state index contributed by atoms with van der Waals surface area (Å²) >= 11 is 1.24. The first kappa shape index (κ1) is 22.9. The fraction of sp³-hybridized carbons (Fsp3) is 0.292. The molecule has 4 N–H and O–H groups in total. The SMILES string of the molecule is CC(C)NC(=O)NC1S[C@@H]2C(N)C(=O)N2C=C1C(=O)OC(c1ccccc1)c1ccccc1. The van der Waals surface area contributed by atoms with E-state index < -0.39 is 29.5 Å². The zero-order valence-electron chi connectivity index (χ0n) is 18.3. The average molecular weight is 467 g/mol. The molecule has 2 unspecified atom stereocenters. The van der Waals surface area contributed by atoms with Crippen LogP contribution in [0.15, 0.2) is 72.4 Å². The molecule has 2 aliphatic rings. The van der Waals surface area contributed by atoms with Gasteiger partial charge in [-0.05, 0) is 25.0 Å². The standard InChI is InChI=1S/C24H26N4O4S/c1-14(2)26-24(31)27-20-17(13-28-21(29)18(25)22(28)33-20)23(30)32-19(15-9-5-3-6-10-15)16-11-7-4-8-12-16/h3-14,18-20,22H,25H2,1-2H3,(H2,26,27,31)/t18?,20?,22-/m1/s1. The number of hydrogen-bond donors (Lipinski definition) is 3. The summed E-state index contributed by atoms with van der Waals surface area (Å²) in [6, 6.07) is 17.6. The molecule has 0 saturated carbocycles. The normalized spacial score (nSPS) is 21.7. The van der Waals surface area contributed by atoms with E-state index in [0.717, 1.165) is 11.1 Å². The maximum atomic E-state index is 13.4. The number of esters is 1. The summed E-state index contributed by atoms with van der Waals surface area (Å²) in [6.45, 7) is 3.68. The van der Waals surface area contributed by atoms with E-state index in [1.165, 1.54) is 22.9 Å². The molecular formula is C24H26N4O4S. The Hall–Kier alpha value is -3.30. The number of nitrogens with one attached hydrogen (secondary N) is 2. The largest absolute Gasteiger partial charge is 0.449 e. The van der Waals surface area contributed by atoms with E-state index in [-0.39, 0.29) is 22.9 Å². The smallest absolute Gasteiger partial charge is 0.339 e. The van der Waals surface area contributed by atoms with Crippen molar-refractivity contribution >= 4 is 29.7 Å². The number of hydrogen-bond acceptors (Lipinski definition) is 6. The average Bonchev–Trinajstić information content (AvgIpc) is 2.82.